The average Bonchev–Trinajstić information content (AvgIpc) is 2.24. The van der Waals surface area contributed by atoms with Gasteiger partial charge in [-0.05, 0) is 25.5 Å². The Morgan fingerprint density at radius 2 is 2.07 bits per heavy atom. The molecule has 1 aromatic rings. The van der Waals surface area contributed by atoms with E-state index < -0.39 is 0 Å². The van der Waals surface area contributed by atoms with Crippen molar-refractivity contribution in [2.75, 3.05) is 13.6 Å². The Bertz CT molecular complexity index is 397. The van der Waals surface area contributed by atoms with Crippen LogP contribution in [0, 0.1) is 19.7 Å². The predicted octanol–water partition coefficient (Wildman–Crippen LogP) is 3.23. The zero-order valence-corrected chi connectivity index (χ0v) is 9.16. The molecule has 3 nitrogen and oxygen atoms in total. The Balaban J connectivity index is 2.87. The summed E-state index contributed by atoms with van der Waals surface area (Å²) in [4.78, 5) is 3.77. The van der Waals surface area contributed by atoms with Crippen molar-refractivity contribution in [3.05, 3.63) is 29.1 Å². The van der Waals surface area contributed by atoms with Gasteiger partial charge in [0.15, 0.2) is 0 Å². The van der Waals surface area contributed by atoms with Crippen LogP contribution in [0.15, 0.2) is 27.4 Å². The van der Waals surface area contributed by atoms with Crippen LogP contribution in [-0.4, -0.2) is 19.8 Å². The normalized spacial score (nSPS) is 11.7. The van der Waals surface area contributed by atoms with Crippen LogP contribution in [0.4, 0.5) is 10.1 Å². The molecule has 0 saturated heterocycles. The summed E-state index contributed by atoms with van der Waals surface area (Å²) in [6.45, 7) is 3.85. The number of aryl methyl sites for hydroxylation is 1. The van der Waals surface area contributed by atoms with Gasteiger partial charge in [-0.25, -0.2) is 4.39 Å². The summed E-state index contributed by atoms with van der Waals surface area (Å²) in [7, 11) is 1.67. The van der Waals surface area contributed by atoms with E-state index in [4.69, 9.17) is 0 Å². The average molecular weight is 207 g/mol. The molecule has 1 rings (SSSR count). The molecule has 0 unspecified atom stereocenters. The summed E-state index contributed by atoms with van der Waals surface area (Å²) in [5.74, 6) is -0.212. The highest BCUT2D eigenvalue weighted by atomic mass is 19.1. The molecule has 0 spiro atoms. The molecule has 1 aromatic carbocycles. The number of rotatable bonds is 3. The molecular weight excluding hydrogens is 193 g/mol. The molecule has 0 N–H and O–H groups in total. The minimum atomic E-state index is -0.212. The Morgan fingerprint density at radius 3 is 2.73 bits per heavy atom. The molecule has 4 heteroatoms. The summed E-state index contributed by atoms with van der Waals surface area (Å²) < 4.78 is 13.4. The molecule has 0 atom stereocenters. The molecule has 0 saturated carbocycles. The van der Waals surface area contributed by atoms with Gasteiger partial charge in [0.25, 0.3) is 0 Å². The molecule has 0 aliphatic rings. The first-order valence-corrected chi connectivity index (χ1v) is 4.70. The first-order valence-electron chi connectivity index (χ1n) is 4.70. The van der Waals surface area contributed by atoms with E-state index in [2.05, 4.69) is 15.2 Å². The Morgan fingerprint density at radius 1 is 1.33 bits per heavy atom. The molecule has 0 aliphatic carbocycles. The molecule has 0 amide bonds. The summed E-state index contributed by atoms with van der Waals surface area (Å²) in [5.41, 5.74) is 1.73. The van der Waals surface area contributed by atoms with Crippen molar-refractivity contribution in [2.24, 2.45) is 15.2 Å². The first kappa shape index (κ1) is 11.5. The van der Waals surface area contributed by atoms with Gasteiger partial charge in [-0.2, -0.15) is 10.2 Å². The number of aliphatic imine (C=N–C) groups is 1. The van der Waals surface area contributed by atoms with Crippen LogP contribution < -0.4 is 0 Å². The second-order valence-electron chi connectivity index (χ2n) is 3.21. The largest absolute Gasteiger partial charge is 0.299 e. The smallest absolute Gasteiger partial charge is 0.131 e. The van der Waals surface area contributed by atoms with Gasteiger partial charge in [0.1, 0.15) is 5.82 Å². The van der Waals surface area contributed by atoms with Gasteiger partial charge in [-0.15, -0.1) is 0 Å². The second-order valence-corrected chi connectivity index (χ2v) is 3.21. The van der Waals surface area contributed by atoms with E-state index in [9.17, 15) is 4.39 Å². The molecule has 0 heterocycles. The fourth-order valence-corrected chi connectivity index (χ4v) is 1.15. The summed E-state index contributed by atoms with van der Waals surface area (Å²) >= 11 is 0. The van der Waals surface area contributed by atoms with Gasteiger partial charge in [0.05, 0.1) is 12.2 Å². The lowest BCUT2D eigenvalue weighted by atomic mass is 10.1. The fraction of sp³-hybridized carbons (Fsp3) is 0.364. The summed E-state index contributed by atoms with van der Waals surface area (Å²) in [5, 5.41) is 7.81. The van der Waals surface area contributed by atoms with Crippen LogP contribution in [-0.2, 0) is 0 Å². The topological polar surface area (TPSA) is 37.1 Å². The van der Waals surface area contributed by atoms with Gasteiger partial charge in [-0.3, -0.25) is 4.99 Å². The van der Waals surface area contributed by atoms with Gasteiger partial charge >= 0.3 is 0 Å². The lowest BCUT2D eigenvalue weighted by Gasteiger charge is -2.02. The van der Waals surface area contributed by atoms with E-state index >= 15 is 0 Å². The van der Waals surface area contributed by atoms with Gasteiger partial charge in [0, 0.05) is 18.8 Å². The molecule has 0 fully saturated rings. The van der Waals surface area contributed by atoms with Crippen molar-refractivity contribution in [1.82, 2.24) is 0 Å². The van der Waals surface area contributed by atoms with Crippen molar-refractivity contribution in [3.63, 3.8) is 0 Å². The van der Waals surface area contributed by atoms with E-state index in [0.717, 1.165) is 0 Å². The van der Waals surface area contributed by atoms with Crippen LogP contribution in [0.5, 0.6) is 0 Å². The van der Waals surface area contributed by atoms with E-state index in [1.807, 2.05) is 0 Å². The molecule has 80 valence electrons. The minimum absolute atomic E-state index is 0.212. The van der Waals surface area contributed by atoms with Crippen LogP contribution in [0.2, 0.25) is 0 Å². The highest BCUT2D eigenvalue weighted by Gasteiger charge is 2.05. The van der Waals surface area contributed by atoms with Gasteiger partial charge in [0.2, 0.25) is 0 Å². The van der Waals surface area contributed by atoms with E-state index in [1.165, 1.54) is 0 Å². The number of hydrogen-bond donors (Lipinski definition) is 0. The SMILES string of the molecule is CN=CCN=Nc1ccc(C)c(F)c1C. The van der Waals surface area contributed by atoms with Gasteiger partial charge in [-0.1, -0.05) is 6.07 Å². The van der Waals surface area contributed by atoms with E-state index in [-0.39, 0.29) is 5.82 Å². The lowest BCUT2D eigenvalue weighted by Crippen LogP contribution is -1.87. The summed E-state index contributed by atoms with van der Waals surface area (Å²) in [6, 6.07) is 3.46. The maximum atomic E-state index is 13.4. The van der Waals surface area contributed by atoms with E-state index in [1.54, 1.807) is 39.2 Å². The number of benzene rings is 1. The zero-order chi connectivity index (χ0) is 11.3. The van der Waals surface area contributed by atoms with Gasteiger partial charge < -0.3 is 0 Å². The van der Waals surface area contributed by atoms with Crippen molar-refractivity contribution in [2.45, 2.75) is 13.8 Å². The molecular formula is C11H14FN3. The van der Waals surface area contributed by atoms with Crippen molar-refractivity contribution >= 4 is 11.9 Å². The Kier molecular flexibility index (Phi) is 4.09. The third kappa shape index (κ3) is 2.94. The van der Waals surface area contributed by atoms with Crippen molar-refractivity contribution in [3.8, 4) is 0 Å². The lowest BCUT2D eigenvalue weighted by molar-refractivity contribution is 0.609. The maximum absolute atomic E-state index is 13.4. The molecule has 0 bridgehead atoms. The van der Waals surface area contributed by atoms with Crippen molar-refractivity contribution < 1.29 is 4.39 Å². The van der Waals surface area contributed by atoms with Crippen LogP contribution in [0.3, 0.4) is 0 Å². The molecule has 0 aliphatic heterocycles. The zero-order valence-electron chi connectivity index (χ0n) is 9.16. The third-order valence-electron chi connectivity index (χ3n) is 2.08. The fourth-order valence-electron chi connectivity index (χ4n) is 1.15. The predicted molar refractivity (Wildman–Crippen MR) is 59.7 cm³/mol. The Labute approximate surface area is 88.8 Å². The second kappa shape index (κ2) is 5.34. The number of halogens is 1. The molecule has 0 aromatic heterocycles. The maximum Gasteiger partial charge on any atom is 0.131 e. The first-order chi connectivity index (χ1) is 7.16. The van der Waals surface area contributed by atoms with Crippen LogP contribution in [0.25, 0.3) is 0 Å². The minimum Gasteiger partial charge on any atom is -0.299 e. The third-order valence-corrected chi connectivity index (χ3v) is 2.08. The highest BCUT2D eigenvalue weighted by molar-refractivity contribution is 5.59. The number of hydrogen-bond acceptors (Lipinski definition) is 3. The summed E-state index contributed by atoms with van der Waals surface area (Å²) in [6.07, 6.45) is 1.64. The van der Waals surface area contributed by atoms with Crippen LogP contribution in [0.1, 0.15) is 11.1 Å². The molecule has 15 heavy (non-hydrogen) atoms. The molecule has 0 radical (unpaired) electrons. The van der Waals surface area contributed by atoms with Crippen molar-refractivity contribution in [1.29, 1.82) is 0 Å². The Hall–Kier alpha value is -1.58. The highest BCUT2D eigenvalue weighted by Crippen LogP contribution is 2.23. The monoisotopic (exact) mass is 207 g/mol. The standard InChI is InChI=1S/C11H14FN3/c1-8-4-5-10(9(2)11(8)12)15-14-7-6-13-3/h4-6H,7H2,1-3H3. The quantitative estimate of drug-likeness (QED) is 0.539. The van der Waals surface area contributed by atoms with E-state index in [0.29, 0.717) is 23.4 Å². The number of nitrogens with zero attached hydrogens (tertiary/aromatic N) is 3. The number of azo groups is 1. The van der Waals surface area contributed by atoms with Crippen LogP contribution >= 0.6 is 0 Å².